The second-order valence-corrected chi connectivity index (χ2v) is 5.10. The molecule has 0 amide bonds. The lowest BCUT2D eigenvalue weighted by Gasteiger charge is -2.19. The second kappa shape index (κ2) is 7.03. The van der Waals surface area contributed by atoms with Gasteiger partial charge < -0.3 is 4.79 Å². The minimum Gasteiger partial charge on any atom is -0.300 e. The van der Waals surface area contributed by atoms with E-state index in [9.17, 15) is 4.79 Å². The molecule has 0 fully saturated rings. The van der Waals surface area contributed by atoms with E-state index in [2.05, 4.69) is 27.7 Å². The molecule has 0 unspecified atom stereocenters. The molecule has 0 saturated carbocycles. The molecule has 3 atom stereocenters. The van der Waals surface area contributed by atoms with Crippen molar-refractivity contribution in [2.75, 3.05) is 0 Å². The van der Waals surface area contributed by atoms with Crippen LogP contribution >= 0.6 is 0 Å². The number of carbonyl (C=O) groups excluding carboxylic acids is 1. The zero-order valence-electron chi connectivity index (χ0n) is 10.5. The molecule has 0 aromatic heterocycles. The smallest absolute Gasteiger partial charge is 0.130 e. The molecule has 84 valence electrons. The molecule has 1 heteroatoms. The maximum atomic E-state index is 10.9. The molecular formula is C13H26O. The summed E-state index contributed by atoms with van der Waals surface area (Å²) in [6.45, 7) is 10.7. The van der Waals surface area contributed by atoms with Gasteiger partial charge in [-0.1, -0.05) is 34.1 Å². The highest BCUT2D eigenvalue weighted by Gasteiger charge is 2.12. The van der Waals surface area contributed by atoms with Crippen molar-refractivity contribution in [1.29, 1.82) is 0 Å². The van der Waals surface area contributed by atoms with Gasteiger partial charge in [-0.3, -0.25) is 0 Å². The summed E-state index contributed by atoms with van der Waals surface area (Å²) in [6.07, 6.45) is 4.53. The van der Waals surface area contributed by atoms with Crippen molar-refractivity contribution < 1.29 is 4.79 Å². The Bertz CT molecular complexity index is 163. The Morgan fingerprint density at radius 2 is 1.50 bits per heavy atom. The Labute approximate surface area is 89.3 Å². The fraction of sp³-hybridized carbons (Fsp3) is 0.923. The van der Waals surface area contributed by atoms with Gasteiger partial charge in [0.1, 0.15) is 5.78 Å². The number of hydrogen-bond donors (Lipinski definition) is 0. The SMILES string of the molecule is CC[C@@H](C)C[C@@H](C)C[C@@H](C)CC(C)=O. The topological polar surface area (TPSA) is 17.1 Å². The first-order valence-electron chi connectivity index (χ1n) is 5.95. The molecular weight excluding hydrogens is 172 g/mol. The van der Waals surface area contributed by atoms with Crippen LogP contribution in [0.15, 0.2) is 0 Å². The lowest BCUT2D eigenvalue weighted by atomic mass is 9.87. The zero-order valence-corrected chi connectivity index (χ0v) is 10.5. The average Bonchev–Trinajstić information content (AvgIpc) is 2.01. The van der Waals surface area contributed by atoms with Gasteiger partial charge in [0.15, 0.2) is 0 Å². The summed E-state index contributed by atoms with van der Waals surface area (Å²) in [5.74, 6) is 2.48. The van der Waals surface area contributed by atoms with Crippen LogP contribution in [0.2, 0.25) is 0 Å². The van der Waals surface area contributed by atoms with Crippen LogP contribution in [-0.4, -0.2) is 5.78 Å². The molecule has 0 aliphatic rings. The van der Waals surface area contributed by atoms with Gasteiger partial charge in [-0.25, -0.2) is 0 Å². The average molecular weight is 198 g/mol. The molecule has 0 radical (unpaired) electrons. The third kappa shape index (κ3) is 7.11. The van der Waals surface area contributed by atoms with Gasteiger partial charge in [0.05, 0.1) is 0 Å². The van der Waals surface area contributed by atoms with E-state index in [0.29, 0.717) is 11.7 Å². The maximum Gasteiger partial charge on any atom is 0.130 e. The van der Waals surface area contributed by atoms with Gasteiger partial charge in [0.2, 0.25) is 0 Å². The van der Waals surface area contributed by atoms with E-state index in [0.717, 1.165) is 18.3 Å². The van der Waals surface area contributed by atoms with E-state index in [1.165, 1.54) is 19.3 Å². The first-order chi connectivity index (χ1) is 6.45. The standard InChI is InChI=1S/C13H26O/c1-6-10(2)7-11(3)8-12(4)9-13(5)14/h10-12H,6-9H2,1-5H3/t10-,11-,12-/m1/s1. The minimum atomic E-state index is 0.327. The normalized spacial score (nSPS) is 17.5. The zero-order chi connectivity index (χ0) is 11.1. The summed E-state index contributed by atoms with van der Waals surface area (Å²) < 4.78 is 0. The van der Waals surface area contributed by atoms with Crippen molar-refractivity contribution in [3.05, 3.63) is 0 Å². The molecule has 0 heterocycles. The highest BCUT2D eigenvalue weighted by Crippen LogP contribution is 2.22. The molecule has 0 aromatic carbocycles. The summed E-state index contributed by atoms with van der Waals surface area (Å²) in [7, 11) is 0. The molecule has 0 rings (SSSR count). The minimum absolute atomic E-state index is 0.327. The quantitative estimate of drug-likeness (QED) is 0.603. The highest BCUT2D eigenvalue weighted by atomic mass is 16.1. The Morgan fingerprint density at radius 3 is 1.93 bits per heavy atom. The summed E-state index contributed by atoms with van der Waals surface area (Å²) in [5, 5.41) is 0. The molecule has 0 spiro atoms. The van der Waals surface area contributed by atoms with Crippen LogP contribution < -0.4 is 0 Å². The van der Waals surface area contributed by atoms with Crippen LogP contribution in [0.1, 0.15) is 60.3 Å². The maximum absolute atomic E-state index is 10.9. The molecule has 0 aliphatic carbocycles. The van der Waals surface area contributed by atoms with Gasteiger partial charge in [-0.15, -0.1) is 0 Å². The van der Waals surface area contributed by atoms with Crippen LogP contribution in [-0.2, 0) is 4.79 Å². The lowest BCUT2D eigenvalue weighted by Crippen LogP contribution is -2.09. The van der Waals surface area contributed by atoms with Gasteiger partial charge in [0.25, 0.3) is 0 Å². The van der Waals surface area contributed by atoms with Gasteiger partial charge >= 0.3 is 0 Å². The van der Waals surface area contributed by atoms with Crippen LogP contribution in [0.4, 0.5) is 0 Å². The summed E-state index contributed by atoms with van der Waals surface area (Å²) in [6, 6.07) is 0. The van der Waals surface area contributed by atoms with E-state index in [4.69, 9.17) is 0 Å². The van der Waals surface area contributed by atoms with Crippen molar-refractivity contribution in [2.24, 2.45) is 17.8 Å². The van der Waals surface area contributed by atoms with E-state index < -0.39 is 0 Å². The van der Waals surface area contributed by atoms with Crippen molar-refractivity contribution in [2.45, 2.75) is 60.3 Å². The molecule has 1 nitrogen and oxygen atoms in total. The van der Waals surface area contributed by atoms with Gasteiger partial charge in [-0.2, -0.15) is 0 Å². The number of hydrogen-bond acceptors (Lipinski definition) is 1. The van der Waals surface area contributed by atoms with Crippen molar-refractivity contribution in [3.8, 4) is 0 Å². The second-order valence-electron chi connectivity index (χ2n) is 5.10. The van der Waals surface area contributed by atoms with Crippen molar-refractivity contribution in [1.82, 2.24) is 0 Å². The number of ketones is 1. The van der Waals surface area contributed by atoms with Crippen LogP contribution in [0.25, 0.3) is 0 Å². The first-order valence-corrected chi connectivity index (χ1v) is 5.95. The van der Waals surface area contributed by atoms with Crippen molar-refractivity contribution >= 4 is 5.78 Å². The van der Waals surface area contributed by atoms with Crippen LogP contribution in [0, 0.1) is 17.8 Å². The Morgan fingerprint density at radius 1 is 1.00 bits per heavy atom. The predicted octanol–water partition coefficient (Wildman–Crippen LogP) is 4.06. The first kappa shape index (κ1) is 13.7. The summed E-state index contributed by atoms with van der Waals surface area (Å²) in [4.78, 5) is 10.9. The molecule has 0 bridgehead atoms. The fourth-order valence-electron chi connectivity index (χ4n) is 2.21. The Hall–Kier alpha value is -0.330. The predicted molar refractivity (Wildman–Crippen MR) is 62.3 cm³/mol. The van der Waals surface area contributed by atoms with E-state index in [1.54, 1.807) is 6.92 Å². The third-order valence-corrected chi connectivity index (χ3v) is 2.94. The van der Waals surface area contributed by atoms with E-state index in [1.807, 2.05) is 0 Å². The lowest BCUT2D eigenvalue weighted by molar-refractivity contribution is -0.117. The highest BCUT2D eigenvalue weighted by molar-refractivity contribution is 5.75. The molecule has 0 aromatic rings. The van der Waals surface area contributed by atoms with Crippen molar-refractivity contribution in [3.63, 3.8) is 0 Å². The van der Waals surface area contributed by atoms with Gasteiger partial charge in [-0.05, 0) is 37.5 Å². The number of carbonyl (C=O) groups is 1. The van der Waals surface area contributed by atoms with E-state index in [-0.39, 0.29) is 0 Å². The van der Waals surface area contributed by atoms with Gasteiger partial charge in [0, 0.05) is 6.42 Å². The largest absolute Gasteiger partial charge is 0.300 e. The Balaban J connectivity index is 3.70. The third-order valence-electron chi connectivity index (χ3n) is 2.94. The molecule has 0 saturated heterocycles. The van der Waals surface area contributed by atoms with E-state index >= 15 is 0 Å². The molecule has 14 heavy (non-hydrogen) atoms. The number of Topliss-reactive ketones (excluding diaryl/α,β-unsaturated/α-hetero) is 1. The van der Waals surface area contributed by atoms with Crippen LogP contribution in [0.5, 0.6) is 0 Å². The Kier molecular flexibility index (Phi) is 6.86. The fourth-order valence-corrected chi connectivity index (χ4v) is 2.21. The summed E-state index contributed by atoms with van der Waals surface area (Å²) in [5.41, 5.74) is 0. The monoisotopic (exact) mass is 198 g/mol. The number of rotatable bonds is 7. The molecule has 0 aliphatic heterocycles. The molecule has 0 N–H and O–H groups in total. The summed E-state index contributed by atoms with van der Waals surface area (Å²) >= 11 is 0. The van der Waals surface area contributed by atoms with Crippen LogP contribution in [0.3, 0.4) is 0 Å².